The van der Waals surface area contributed by atoms with Gasteiger partial charge in [-0.15, -0.1) is 0 Å². The average molecular weight is 181 g/mol. The summed E-state index contributed by atoms with van der Waals surface area (Å²) in [6, 6.07) is 0. The molecule has 0 spiro atoms. The van der Waals surface area contributed by atoms with Crippen LogP contribution in [-0.2, 0) is 14.3 Å². The minimum atomic E-state index is -0.272. The van der Waals surface area contributed by atoms with Crippen molar-refractivity contribution in [2.75, 3.05) is 21.2 Å². The van der Waals surface area contributed by atoms with Gasteiger partial charge in [0, 0.05) is 26.2 Å². The zero-order valence-corrected chi connectivity index (χ0v) is 7.83. The first-order valence-electron chi connectivity index (χ1n) is 3.79. The molecule has 0 N–H and O–H groups in total. The predicted molar refractivity (Wildman–Crippen MR) is 46.9 cm³/mol. The molecular formula is C9H11NO3. The molecule has 0 atom stereocenters. The topological polar surface area (TPSA) is 46.6 Å². The summed E-state index contributed by atoms with van der Waals surface area (Å²) in [4.78, 5) is 24.2. The number of ketones is 2. The van der Waals surface area contributed by atoms with Gasteiger partial charge in [0.05, 0.1) is 12.8 Å². The van der Waals surface area contributed by atoms with Crippen LogP contribution in [0.3, 0.4) is 0 Å². The third-order valence-electron chi connectivity index (χ3n) is 1.73. The van der Waals surface area contributed by atoms with Gasteiger partial charge in [-0.05, 0) is 0 Å². The van der Waals surface area contributed by atoms with E-state index in [-0.39, 0.29) is 17.3 Å². The van der Waals surface area contributed by atoms with Crippen molar-refractivity contribution in [2.24, 2.45) is 0 Å². The maximum Gasteiger partial charge on any atom is 0.222 e. The summed E-state index contributed by atoms with van der Waals surface area (Å²) in [5, 5.41) is 0. The van der Waals surface area contributed by atoms with Crippen molar-refractivity contribution in [1.82, 2.24) is 4.90 Å². The minimum Gasteiger partial charge on any atom is -0.493 e. The van der Waals surface area contributed by atoms with E-state index in [1.807, 2.05) is 0 Å². The van der Waals surface area contributed by atoms with Gasteiger partial charge in [0.1, 0.15) is 0 Å². The van der Waals surface area contributed by atoms with Gasteiger partial charge in [-0.2, -0.15) is 0 Å². The average Bonchev–Trinajstić information content (AvgIpc) is 2.07. The van der Waals surface area contributed by atoms with Gasteiger partial charge in [0.15, 0.2) is 5.76 Å². The number of ether oxygens (including phenoxy) is 1. The Morgan fingerprint density at radius 3 is 2.23 bits per heavy atom. The molecule has 0 aromatic carbocycles. The van der Waals surface area contributed by atoms with Gasteiger partial charge in [-0.3, -0.25) is 9.59 Å². The van der Waals surface area contributed by atoms with Crippen LogP contribution < -0.4 is 0 Å². The summed E-state index contributed by atoms with van der Waals surface area (Å²) in [6.07, 6.45) is 2.48. The molecule has 0 bridgehead atoms. The van der Waals surface area contributed by atoms with Crippen molar-refractivity contribution < 1.29 is 14.3 Å². The van der Waals surface area contributed by atoms with Crippen LogP contribution in [0.1, 0.15) is 0 Å². The van der Waals surface area contributed by atoms with E-state index in [9.17, 15) is 9.59 Å². The lowest BCUT2D eigenvalue weighted by Gasteiger charge is -2.17. The van der Waals surface area contributed by atoms with Crippen molar-refractivity contribution in [3.05, 3.63) is 23.6 Å². The number of hydrogen-bond acceptors (Lipinski definition) is 4. The van der Waals surface area contributed by atoms with E-state index in [2.05, 4.69) is 0 Å². The predicted octanol–water partition coefficient (Wildman–Crippen LogP) is 0.114. The molecule has 4 heteroatoms. The van der Waals surface area contributed by atoms with E-state index < -0.39 is 0 Å². The van der Waals surface area contributed by atoms with Crippen molar-refractivity contribution in [3.8, 4) is 0 Å². The molecule has 0 saturated heterocycles. The highest BCUT2D eigenvalue weighted by Crippen LogP contribution is 2.13. The molecule has 0 unspecified atom stereocenters. The summed E-state index contributed by atoms with van der Waals surface area (Å²) in [6.45, 7) is 0. The molecule has 0 fully saturated rings. The number of likely N-dealkylation sites (N-methyl/N-ethyl adjacent to an activating group) is 1. The van der Waals surface area contributed by atoms with E-state index >= 15 is 0 Å². The molecule has 0 radical (unpaired) electrons. The first-order chi connectivity index (χ1) is 6.06. The molecule has 0 saturated carbocycles. The maximum absolute atomic E-state index is 11.3. The third-order valence-corrected chi connectivity index (χ3v) is 1.73. The van der Waals surface area contributed by atoms with Gasteiger partial charge < -0.3 is 9.64 Å². The second kappa shape index (κ2) is 3.43. The smallest absolute Gasteiger partial charge is 0.222 e. The molecule has 0 heterocycles. The molecule has 1 aliphatic rings. The summed E-state index contributed by atoms with van der Waals surface area (Å²) in [5.41, 5.74) is 0.380. The largest absolute Gasteiger partial charge is 0.493 e. The van der Waals surface area contributed by atoms with E-state index in [0.29, 0.717) is 5.70 Å². The molecule has 1 aliphatic carbocycles. The molecule has 0 aromatic rings. The summed E-state index contributed by atoms with van der Waals surface area (Å²) < 4.78 is 4.73. The van der Waals surface area contributed by atoms with Crippen molar-refractivity contribution in [2.45, 2.75) is 0 Å². The maximum atomic E-state index is 11.3. The number of allylic oxidation sites excluding steroid dienone is 2. The van der Waals surface area contributed by atoms with Crippen molar-refractivity contribution in [3.63, 3.8) is 0 Å². The Labute approximate surface area is 76.5 Å². The van der Waals surface area contributed by atoms with Crippen LogP contribution in [0.4, 0.5) is 0 Å². The molecule has 0 aliphatic heterocycles. The van der Waals surface area contributed by atoms with E-state index in [0.717, 1.165) is 0 Å². The standard InChI is InChI=1S/C9H11NO3/c1-10(2)6-4-8(12)9(13-3)5-7(6)11/h4-5H,1-3H3. The highest BCUT2D eigenvalue weighted by atomic mass is 16.5. The number of nitrogens with zero attached hydrogens (tertiary/aromatic N) is 1. The minimum absolute atomic E-state index is 0.0931. The van der Waals surface area contributed by atoms with Crippen LogP contribution in [-0.4, -0.2) is 37.7 Å². The fraction of sp³-hybridized carbons (Fsp3) is 0.333. The molecule has 1 rings (SSSR count). The molecule has 0 aromatic heterocycles. The number of carbonyl (C=O) groups excluding carboxylic acids is 2. The quantitative estimate of drug-likeness (QED) is 0.567. The number of hydrogen-bond donors (Lipinski definition) is 0. The molecule has 0 amide bonds. The van der Waals surface area contributed by atoms with Gasteiger partial charge >= 0.3 is 0 Å². The second-order valence-corrected chi connectivity index (χ2v) is 2.87. The van der Waals surface area contributed by atoms with Crippen LogP contribution >= 0.6 is 0 Å². The second-order valence-electron chi connectivity index (χ2n) is 2.87. The summed E-state index contributed by atoms with van der Waals surface area (Å²) in [5.74, 6) is -0.386. The SMILES string of the molecule is COC1=CC(=O)C(N(C)C)=CC1=O. The zero-order valence-electron chi connectivity index (χ0n) is 7.83. The molecule has 4 nitrogen and oxygen atoms in total. The normalized spacial score (nSPS) is 16.5. The first-order valence-corrected chi connectivity index (χ1v) is 3.79. The van der Waals surface area contributed by atoms with Crippen LogP contribution in [0.15, 0.2) is 23.6 Å². The Kier molecular flexibility index (Phi) is 2.51. The Balaban J connectivity index is 2.98. The fourth-order valence-electron chi connectivity index (χ4n) is 1.04. The lowest BCUT2D eigenvalue weighted by molar-refractivity contribution is -0.118. The number of methoxy groups -OCH3 is 1. The summed E-state index contributed by atoms with van der Waals surface area (Å²) >= 11 is 0. The van der Waals surface area contributed by atoms with Crippen LogP contribution in [0.5, 0.6) is 0 Å². The molecular weight excluding hydrogens is 170 g/mol. The number of carbonyl (C=O) groups is 2. The lowest BCUT2D eigenvalue weighted by Crippen LogP contribution is -2.24. The van der Waals surface area contributed by atoms with Gasteiger partial charge in [0.2, 0.25) is 11.6 Å². The van der Waals surface area contributed by atoms with E-state index in [1.165, 1.54) is 19.3 Å². The van der Waals surface area contributed by atoms with Crippen molar-refractivity contribution in [1.29, 1.82) is 0 Å². The first kappa shape index (κ1) is 9.51. The van der Waals surface area contributed by atoms with E-state index in [1.54, 1.807) is 19.0 Å². The van der Waals surface area contributed by atoms with Crippen molar-refractivity contribution >= 4 is 11.6 Å². The van der Waals surface area contributed by atoms with Crippen LogP contribution in [0.25, 0.3) is 0 Å². The summed E-state index contributed by atoms with van der Waals surface area (Å²) in [7, 11) is 4.79. The molecule has 70 valence electrons. The molecule has 13 heavy (non-hydrogen) atoms. The van der Waals surface area contributed by atoms with Gasteiger partial charge in [0.25, 0.3) is 0 Å². The van der Waals surface area contributed by atoms with Crippen LogP contribution in [0.2, 0.25) is 0 Å². The third kappa shape index (κ3) is 1.77. The van der Waals surface area contributed by atoms with E-state index in [4.69, 9.17) is 4.74 Å². The Bertz CT molecular complexity index is 313. The van der Waals surface area contributed by atoms with Gasteiger partial charge in [-0.25, -0.2) is 0 Å². The lowest BCUT2D eigenvalue weighted by atomic mass is 10.1. The monoisotopic (exact) mass is 181 g/mol. The fourth-order valence-corrected chi connectivity index (χ4v) is 1.04. The Morgan fingerprint density at radius 2 is 1.77 bits per heavy atom. The number of rotatable bonds is 2. The van der Waals surface area contributed by atoms with Gasteiger partial charge in [-0.1, -0.05) is 0 Å². The van der Waals surface area contributed by atoms with Crippen LogP contribution in [0, 0.1) is 0 Å². The highest BCUT2D eigenvalue weighted by molar-refractivity contribution is 6.18. The zero-order chi connectivity index (χ0) is 10.0. The Morgan fingerprint density at radius 1 is 1.15 bits per heavy atom. The highest BCUT2D eigenvalue weighted by Gasteiger charge is 2.21. The Hall–Kier alpha value is -1.58.